The number of rotatable bonds is 38. The van der Waals surface area contributed by atoms with Crippen molar-refractivity contribution in [3.63, 3.8) is 0 Å². The first-order valence-electron chi connectivity index (χ1n) is 22.2. The first-order valence-corrected chi connectivity index (χ1v) is 22.2. The SMILES string of the molecule is CC/C=C\C/C=C\C/C=C\C/C=C\C/C=C\C/C=C\C/C=C\CCCCCCCC(=O)NC(CO)C(O)/C=C/CC/C=C/CC/C=C/CCCCCCCC. The number of amides is 1. The van der Waals surface area contributed by atoms with Gasteiger partial charge in [0.15, 0.2) is 0 Å². The molecule has 0 aromatic heterocycles. The van der Waals surface area contributed by atoms with Gasteiger partial charge in [0.2, 0.25) is 5.91 Å². The molecule has 0 aliphatic heterocycles. The van der Waals surface area contributed by atoms with Crippen LogP contribution in [0.4, 0.5) is 0 Å². The Bertz CT molecular complexity index is 1130. The van der Waals surface area contributed by atoms with Crippen molar-refractivity contribution in [2.45, 2.75) is 187 Å². The van der Waals surface area contributed by atoms with Crippen molar-refractivity contribution in [3.05, 3.63) is 122 Å². The maximum Gasteiger partial charge on any atom is 0.220 e. The molecule has 0 saturated carbocycles. The Labute approximate surface area is 339 Å². The standard InChI is InChI=1S/C51H83NO3/c1-3-5-7-9-11-13-15-17-19-21-22-23-24-25-26-27-28-29-30-31-33-35-37-39-41-43-45-47-51(55)52-49(48-53)50(54)46-44-42-40-38-36-34-32-20-18-16-14-12-10-8-6-4-2/h5,7,11,13,17-20,22-23,25-26,28-29,31,33,36,38,44,46,49-50,53-54H,3-4,6,8-10,12,14-16,21,24,27,30,32,34-35,37,39-43,45,47-48H2,1-2H3,(H,52,55)/b7-5-,13-11-,19-17-,20-18+,23-22-,26-25-,29-28-,33-31-,38-36+,46-44+. The number of carbonyl (C=O) groups is 1. The largest absolute Gasteiger partial charge is 0.394 e. The highest BCUT2D eigenvalue weighted by molar-refractivity contribution is 5.76. The quantitative estimate of drug-likeness (QED) is 0.0434. The summed E-state index contributed by atoms with van der Waals surface area (Å²) < 4.78 is 0. The number of unbranched alkanes of at least 4 members (excludes halogenated alkanes) is 13. The summed E-state index contributed by atoms with van der Waals surface area (Å²) in [5.74, 6) is -0.104. The Morgan fingerprint density at radius 3 is 1.27 bits per heavy atom. The highest BCUT2D eigenvalue weighted by Crippen LogP contribution is 2.10. The number of aliphatic hydroxyl groups is 2. The van der Waals surface area contributed by atoms with Gasteiger partial charge >= 0.3 is 0 Å². The highest BCUT2D eigenvalue weighted by Gasteiger charge is 2.17. The fourth-order valence-electron chi connectivity index (χ4n) is 5.78. The molecule has 0 saturated heterocycles. The van der Waals surface area contributed by atoms with Gasteiger partial charge in [0, 0.05) is 6.42 Å². The summed E-state index contributed by atoms with van der Waals surface area (Å²) >= 11 is 0. The lowest BCUT2D eigenvalue weighted by atomic mass is 10.1. The van der Waals surface area contributed by atoms with Crippen LogP contribution in [-0.2, 0) is 4.79 Å². The molecule has 4 nitrogen and oxygen atoms in total. The van der Waals surface area contributed by atoms with E-state index < -0.39 is 12.1 Å². The average Bonchev–Trinajstić information content (AvgIpc) is 3.19. The molecule has 4 heteroatoms. The molecular formula is C51H83NO3. The van der Waals surface area contributed by atoms with Crippen LogP contribution in [-0.4, -0.2) is 34.9 Å². The van der Waals surface area contributed by atoms with Crippen molar-refractivity contribution in [1.82, 2.24) is 5.32 Å². The molecule has 3 N–H and O–H groups in total. The number of allylic oxidation sites excluding steroid dienone is 19. The summed E-state index contributed by atoms with van der Waals surface area (Å²) in [5.41, 5.74) is 0. The van der Waals surface area contributed by atoms with Gasteiger partial charge in [-0.3, -0.25) is 4.79 Å². The van der Waals surface area contributed by atoms with Crippen LogP contribution in [0, 0.1) is 0 Å². The van der Waals surface area contributed by atoms with Crippen LogP contribution in [0.15, 0.2) is 122 Å². The van der Waals surface area contributed by atoms with E-state index in [0.717, 1.165) is 96.3 Å². The van der Waals surface area contributed by atoms with Crippen LogP contribution in [0.1, 0.15) is 174 Å². The zero-order valence-corrected chi connectivity index (χ0v) is 35.4. The average molecular weight is 758 g/mol. The van der Waals surface area contributed by atoms with E-state index in [1.807, 2.05) is 6.08 Å². The Balaban J connectivity index is 3.76. The smallest absolute Gasteiger partial charge is 0.220 e. The van der Waals surface area contributed by atoms with E-state index in [0.29, 0.717) is 6.42 Å². The molecule has 310 valence electrons. The molecule has 0 bridgehead atoms. The van der Waals surface area contributed by atoms with Gasteiger partial charge in [0.05, 0.1) is 18.8 Å². The third-order valence-electron chi connectivity index (χ3n) is 9.16. The minimum absolute atomic E-state index is 0.104. The van der Waals surface area contributed by atoms with E-state index in [1.165, 1.54) is 57.8 Å². The number of aliphatic hydroxyl groups excluding tert-OH is 2. The molecule has 1 amide bonds. The lowest BCUT2D eigenvalue weighted by molar-refractivity contribution is -0.123. The van der Waals surface area contributed by atoms with Gasteiger partial charge in [-0.15, -0.1) is 0 Å². The van der Waals surface area contributed by atoms with Crippen molar-refractivity contribution in [2.75, 3.05) is 6.61 Å². The van der Waals surface area contributed by atoms with Crippen molar-refractivity contribution in [1.29, 1.82) is 0 Å². The Hall–Kier alpha value is -3.21. The van der Waals surface area contributed by atoms with E-state index >= 15 is 0 Å². The summed E-state index contributed by atoms with van der Waals surface area (Å²) in [7, 11) is 0. The lowest BCUT2D eigenvalue weighted by Crippen LogP contribution is -2.45. The summed E-state index contributed by atoms with van der Waals surface area (Å²) in [6.45, 7) is 4.14. The zero-order valence-electron chi connectivity index (χ0n) is 35.4. The van der Waals surface area contributed by atoms with E-state index in [1.54, 1.807) is 6.08 Å². The van der Waals surface area contributed by atoms with Gasteiger partial charge in [0.25, 0.3) is 0 Å². The molecule has 2 unspecified atom stereocenters. The minimum atomic E-state index is -0.887. The molecule has 0 aliphatic carbocycles. The predicted molar refractivity (Wildman–Crippen MR) is 243 cm³/mol. The molecule has 0 aromatic rings. The highest BCUT2D eigenvalue weighted by atomic mass is 16.3. The van der Waals surface area contributed by atoms with Crippen molar-refractivity contribution in [3.8, 4) is 0 Å². The predicted octanol–water partition coefficient (Wildman–Crippen LogP) is 14.2. The number of hydrogen-bond acceptors (Lipinski definition) is 3. The van der Waals surface area contributed by atoms with E-state index in [2.05, 4.69) is 129 Å². The third kappa shape index (κ3) is 41.8. The first kappa shape index (κ1) is 51.8. The normalized spacial score (nSPS) is 14.2. The van der Waals surface area contributed by atoms with Crippen molar-refractivity contribution < 1.29 is 15.0 Å². The van der Waals surface area contributed by atoms with E-state index in [-0.39, 0.29) is 12.5 Å². The second-order valence-electron chi connectivity index (χ2n) is 14.4. The molecule has 0 spiro atoms. The Morgan fingerprint density at radius 2 is 0.818 bits per heavy atom. The van der Waals surface area contributed by atoms with E-state index in [4.69, 9.17) is 0 Å². The van der Waals surface area contributed by atoms with Gasteiger partial charge in [-0.1, -0.05) is 187 Å². The van der Waals surface area contributed by atoms with Crippen LogP contribution in [0.3, 0.4) is 0 Å². The molecule has 0 fully saturated rings. The molecule has 0 rings (SSSR count). The van der Waals surface area contributed by atoms with Crippen LogP contribution in [0.2, 0.25) is 0 Å². The van der Waals surface area contributed by atoms with Gasteiger partial charge in [-0.05, 0) is 103 Å². The van der Waals surface area contributed by atoms with Crippen LogP contribution >= 0.6 is 0 Å². The van der Waals surface area contributed by atoms with Crippen LogP contribution in [0.5, 0.6) is 0 Å². The Morgan fingerprint density at radius 1 is 0.455 bits per heavy atom. The molecule has 2 atom stereocenters. The van der Waals surface area contributed by atoms with Crippen LogP contribution in [0.25, 0.3) is 0 Å². The van der Waals surface area contributed by atoms with Crippen molar-refractivity contribution in [2.24, 2.45) is 0 Å². The summed E-state index contributed by atoms with van der Waals surface area (Å²) in [6.07, 6.45) is 70.1. The summed E-state index contributed by atoms with van der Waals surface area (Å²) in [4.78, 5) is 12.4. The number of hydrogen-bond donors (Lipinski definition) is 3. The monoisotopic (exact) mass is 758 g/mol. The molecule has 0 aliphatic rings. The fraction of sp³-hybridized carbons (Fsp3) is 0.588. The van der Waals surface area contributed by atoms with Gasteiger partial charge in [-0.2, -0.15) is 0 Å². The van der Waals surface area contributed by atoms with Crippen LogP contribution < -0.4 is 5.32 Å². The molecule has 0 aromatic carbocycles. The number of carbonyl (C=O) groups excluding carboxylic acids is 1. The second kappa shape index (κ2) is 45.2. The zero-order chi connectivity index (χ0) is 40.0. The topological polar surface area (TPSA) is 69.6 Å². The molecule has 0 radical (unpaired) electrons. The maximum absolute atomic E-state index is 12.4. The maximum atomic E-state index is 12.4. The van der Waals surface area contributed by atoms with Gasteiger partial charge < -0.3 is 15.5 Å². The third-order valence-corrected chi connectivity index (χ3v) is 9.16. The minimum Gasteiger partial charge on any atom is -0.394 e. The lowest BCUT2D eigenvalue weighted by Gasteiger charge is -2.19. The second-order valence-corrected chi connectivity index (χ2v) is 14.4. The molecule has 55 heavy (non-hydrogen) atoms. The Kier molecular flexibility index (Phi) is 42.5. The van der Waals surface area contributed by atoms with E-state index in [9.17, 15) is 15.0 Å². The molecule has 0 heterocycles. The molecular weight excluding hydrogens is 675 g/mol. The van der Waals surface area contributed by atoms with Gasteiger partial charge in [-0.25, -0.2) is 0 Å². The first-order chi connectivity index (χ1) is 27.2. The number of nitrogens with one attached hydrogen (secondary N) is 1. The van der Waals surface area contributed by atoms with Gasteiger partial charge in [0.1, 0.15) is 0 Å². The summed E-state index contributed by atoms with van der Waals surface area (Å²) in [6, 6.07) is -0.665. The van der Waals surface area contributed by atoms with Crippen molar-refractivity contribution >= 4 is 5.91 Å². The fourth-order valence-corrected chi connectivity index (χ4v) is 5.78. The summed E-state index contributed by atoms with van der Waals surface area (Å²) in [5, 5.41) is 23.0.